The molecule has 0 amide bonds. The first kappa shape index (κ1) is 12.5. The molecule has 0 aromatic rings. The smallest absolute Gasteiger partial charge is 0.330 e. The Balaban J connectivity index is 3.55. The Labute approximate surface area is 83.4 Å². The number of aliphatic carboxylic acids is 1. The van der Waals surface area contributed by atoms with Crippen molar-refractivity contribution in [3.05, 3.63) is 11.6 Å². The first-order chi connectivity index (χ1) is 6.07. The Morgan fingerprint density at radius 2 is 2.31 bits per heavy atom. The van der Waals surface area contributed by atoms with E-state index in [-0.39, 0.29) is 6.04 Å². The van der Waals surface area contributed by atoms with E-state index in [1.54, 1.807) is 24.8 Å². The highest BCUT2D eigenvalue weighted by Gasteiger charge is 2.00. The SMILES string of the molecule is CCC(N)CSCC=C(C)C(=O)O. The van der Waals surface area contributed by atoms with Crippen LogP contribution in [0.3, 0.4) is 0 Å². The Morgan fingerprint density at radius 1 is 1.69 bits per heavy atom. The highest BCUT2D eigenvalue weighted by molar-refractivity contribution is 7.99. The normalized spacial score (nSPS) is 14.2. The molecular formula is C9H17NO2S. The maximum absolute atomic E-state index is 10.4. The van der Waals surface area contributed by atoms with Gasteiger partial charge in [-0.05, 0) is 13.3 Å². The molecule has 3 nitrogen and oxygen atoms in total. The number of carboxylic acids is 1. The number of hydrogen-bond donors (Lipinski definition) is 2. The van der Waals surface area contributed by atoms with E-state index in [2.05, 4.69) is 0 Å². The molecule has 0 aromatic heterocycles. The minimum Gasteiger partial charge on any atom is -0.478 e. The maximum atomic E-state index is 10.4. The lowest BCUT2D eigenvalue weighted by Gasteiger charge is -2.05. The van der Waals surface area contributed by atoms with Crippen molar-refractivity contribution in [1.29, 1.82) is 0 Å². The second kappa shape index (κ2) is 6.97. The Hall–Kier alpha value is -0.480. The van der Waals surface area contributed by atoms with Gasteiger partial charge in [0.25, 0.3) is 0 Å². The molecule has 76 valence electrons. The zero-order valence-corrected chi connectivity index (χ0v) is 8.93. The standard InChI is InChI=1S/C9H17NO2S/c1-3-8(10)6-13-5-4-7(2)9(11)12/h4,8H,3,5-6,10H2,1-2H3,(H,11,12). The lowest BCUT2D eigenvalue weighted by Crippen LogP contribution is -2.21. The van der Waals surface area contributed by atoms with Crippen LogP contribution in [-0.2, 0) is 4.79 Å². The van der Waals surface area contributed by atoms with Gasteiger partial charge in [-0.15, -0.1) is 0 Å². The lowest BCUT2D eigenvalue weighted by molar-refractivity contribution is -0.132. The van der Waals surface area contributed by atoms with E-state index in [1.165, 1.54) is 0 Å². The highest BCUT2D eigenvalue weighted by Crippen LogP contribution is 2.05. The quantitative estimate of drug-likeness (QED) is 0.507. The van der Waals surface area contributed by atoms with Gasteiger partial charge < -0.3 is 10.8 Å². The average molecular weight is 203 g/mol. The molecule has 0 radical (unpaired) electrons. The molecule has 13 heavy (non-hydrogen) atoms. The van der Waals surface area contributed by atoms with E-state index in [4.69, 9.17) is 10.8 Å². The molecular weight excluding hydrogens is 186 g/mol. The van der Waals surface area contributed by atoms with Gasteiger partial charge in [0.1, 0.15) is 0 Å². The third kappa shape index (κ3) is 6.66. The predicted molar refractivity (Wildman–Crippen MR) is 57.0 cm³/mol. The monoisotopic (exact) mass is 203 g/mol. The van der Waals surface area contributed by atoms with Crippen molar-refractivity contribution >= 4 is 17.7 Å². The number of thioether (sulfide) groups is 1. The van der Waals surface area contributed by atoms with E-state index >= 15 is 0 Å². The van der Waals surface area contributed by atoms with Gasteiger partial charge in [0.2, 0.25) is 0 Å². The van der Waals surface area contributed by atoms with Crippen LogP contribution in [0.2, 0.25) is 0 Å². The molecule has 0 aliphatic heterocycles. The molecule has 0 bridgehead atoms. The molecule has 0 saturated heterocycles. The van der Waals surface area contributed by atoms with Crippen LogP contribution in [-0.4, -0.2) is 28.6 Å². The van der Waals surface area contributed by atoms with E-state index in [1.807, 2.05) is 6.92 Å². The second-order valence-electron chi connectivity index (χ2n) is 2.90. The average Bonchev–Trinajstić information content (AvgIpc) is 2.11. The van der Waals surface area contributed by atoms with Crippen LogP contribution < -0.4 is 5.73 Å². The van der Waals surface area contributed by atoms with Gasteiger partial charge in [0, 0.05) is 23.1 Å². The van der Waals surface area contributed by atoms with Gasteiger partial charge in [-0.2, -0.15) is 11.8 Å². The summed E-state index contributed by atoms with van der Waals surface area (Å²) in [6, 6.07) is 0.225. The largest absolute Gasteiger partial charge is 0.478 e. The zero-order valence-electron chi connectivity index (χ0n) is 8.12. The van der Waals surface area contributed by atoms with E-state index in [9.17, 15) is 4.79 Å². The molecule has 0 aromatic carbocycles. The Morgan fingerprint density at radius 3 is 2.77 bits per heavy atom. The Bertz CT molecular complexity index is 192. The van der Waals surface area contributed by atoms with Gasteiger partial charge in [-0.3, -0.25) is 0 Å². The number of hydrogen-bond acceptors (Lipinski definition) is 3. The van der Waals surface area contributed by atoms with Gasteiger partial charge in [0.05, 0.1) is 0 Å². The van der Waals surface area contributed by atoms with Crippen LogP contribution >= 0.6 is 11.8 Å². The molecule has 0 heterocycles. The van der Waals surface area contributed by atoms with Crippen LogP contribution in [0.5, 0.6) is 0 Å². The third-order valence-electron chi connectivity index (χ3n) is 1.70. The van der Waals surface area contributed by atoms with Gasteiger partial charge >= 0.3 is 5.97 Å². The van der Waals surface area contributed by atoms with Crippen molar-refractivity contribution in [2.24, 2.45) is 5.73 Å². The molecule has 0 fully saturated rings. The van der Waals surface area contributed by atoms with Crippen molar-refractivity contribution in [2.45, 2.75) is 26.3 Å². The molecule has 1 unspecified atom stereocenters. The molecule has 0 saturated carbocycles. The summed E-state index contributed by atoms with van der Waals surface area (Å²) in [6.45, 7) is 3.65. The minimum absolute atomic E-state index is 0.225. The van der Waals surface area contributed by atoms with Crippen LogP contribution in [0.15, 0.2) is 11.6 Å². The fourth-order valence-electron chi connectivity index (χ4n) is 0.609. The Kier molecular flexibility index (Phi) is 6.72. The summed E-state index contributed by atoms with van der Waals surface area (Å²) in [5.41, 5.74) is 6.09. The summed E-state index contributed by atoms with van der Waals surface area (Å²) in [4.78, 5) is 10.4. The van der Waals surface area contributed by atoms with Crippen molar-refractivity contribution in [3.63, 3.8) is 0 Å². The molecule has 3 N–H and O–H groups in total. The number of rotatable bonds is 6. The summed E-state index contributed by atoms with van der Waals surface area (Å²) < 4.78 is 0. The molecule has 0 rings (SSSR count). The van der Waals surface area contributed by atoms with Crippen molar-refractivity contribution in [2.75, 3.05) is 11.5 Å². The van der Waals surface area contributed by atoms with Crippen LogP contribution in [0, 0.1) is 0 Å². The van der Waals surface area contributed by atoms with Crippen molar-refractivity contribution in [3.8, 4) is 0 Å². The summed E-state index contributed by atoms with van der Waals surface area (Å²) in [5, 5.41) is 8.53. The van der Waals surface area contributed by atoms with E-state index < -0.39 is 5.97 Å². The molecule has 0 spiro atoms. The topological polar surface area (TPSA) is 63.3 Å². The molecule has 0 aliphatic rings. The first-order valence-electron chi connectivity index (χ1n) is 4.31. The number of nitrogens with two attached hydrogens (primary N) is 1. The summed E-state index contributed by atoms with van der Waals surface area (Å²) in [6.07, 6.45) is 2.68. The molecule has 0 aliphatic carbocycles. The lowest BCUT2D eigenvalue weighted by atomic mass is 10.3. The summed E-state index contributed by atoms with van der Waals surface area (Å²) in [5.74, 6) is 0.770. The second-order valence-corrected chi connectivity index (χ2v) is 3.97. The van der Waals surface area contributed by atoms with Gasteiger partial charge in [0.15, 0.2) is 0 Å². The third-order valence-corrected chi connectivity index (χ3v) is 2.77. The molecule has 1 atom stereocenters. The van der Waals surface area contributed by atoms with Crippen molar-refractivity contribution < 1.29 is 9.90 Å². The van der Waals surface area contributed by atoms with Crippen molar-refractivity contribution in [1.82, 2.24) is 0 Å². The van der Waals surface area contributed by atoms with E-state index in [0.717, 1.165) is 17.9 Å². The predicted octanol–water partition coefficient (Wildman–Crippen LogP) is 1.49. The van der Waals surface area contributed by atoms with Crippen LogP contribution in [0.25, 0.3) is 0 Å². The minimum atomic E-state index is -0.847. The highest BCUT2D eigenvalue weighted by atomic mass is 32.2. The number of carbonyl (C=O) groups is 1. The summed E-state index contributed by atoms with van der Waals surface area (Å²) in [7, 11) is 0. The zero-order chi connectivity index (χ0) is 10.3. The van der Waals surface area contributed by atoms with Crippen LogP contribution in [0.4, 0.5) is 0 Å². The fourth-order valence-corrected chi connectivity index (χ4v) is 1.65. The maximum Gasteiger partial charge on any atom is 0.330 e. The summed E-state index contributed by atoms with van der Waals surface area (Å²) >= 11 is 1.67. The van der Waals surface area contributed by atoms with Gasteiger partial charge in [-0.1, -0.05) is 13.0 Å². The van der Waals surface area contributed by atoms with Gasteiger partial charge in [-0.25, -0.2) is 4.79 Å². The van der Waals surface area contributed by atoms with E-state index in [0.29, 0.717) is 5.57 Å². The first-order valence-corrected chi connectivity index (χ1v) is 5.46. The number of carboxylic acid groups (broad SMARTS) is 1. The van der Waals surface area contributed by atoms with Crippen LogP contribution in [0.1, 0.15) is 20.3 Å². The fraction of sp³-hybridized carbons (Fsp3) is 0.667. The molecule has 4 heteroatoms.